The van der Waals surface area contributed by atoms with Crippen molar-refractivity contribution in [2.45, 2.75) is 25.7 Å². The Balaban J connectivity index is 1.91. The van der Waals surface area contributed by atoms with Gasteiger partial charge in [-0.15, -0.1) is 0 Å². The van der Waals surface area contributed by atoms with Crippen LogP contribution in [0.1, 0.15) is 25.7 Å². The molecule has 3 aliphatic heterocycles. The molecule has 29 heavy (non-hydrogen) atoms. The number of nitrogens with zero attached hydrogens (tertiary/aromatic N) is 3. The Morgan fingerprint density at radius 1 is 0.552 bits per heavy atom. The Morgan fingerprint density at radius 2 is 1.00 bits per heavy atom. The summed E-state index contributed by atoms with van der Waals surface area (Å²) in [6.07, 6.45) is 4.21. The molecule has 0 fully saturated rings. The van der Waals surface area contributed by atoms with Crippen molar-refractivity contribution < 1.29 is 23.3 Å². The van der Waals surface area contributed by atoms with E-state index in [-0.39, 0.29) is 0 Å². The Bertz CT molecular complexity index is 669. The summed E-state index contributed by atoms with van der Waals surface area (Å²) < 4.78 is 43.0. The number of ether oxygens (including phenoxy) is 3. The second-order valence-electron chi connectivity index (χ2n) is 6.55. The lowest BCUT2D eigenvalue weighted by molar-refractivity contribution is 0.00533. The average molecular weight is 512 g/mol. The standard InChI is InChI=1S/C14H30Cl2N5O5P3/c15-27(16)19-28-17-5-3-1-2-4-6-18-29(20-27,21-28)26-14-12-24-10-8-22-7-9-23-11-13-25-28/h17-18H,1-14H2. The second kappa shape index (κ2) is 12.3. The molecular formula is C14H30Cl2N5O5P3. The molecule has 15 heteroatoms. The summed E-state index contributed by atoms with van der Waals surface area (Å²) in [6.45, 7) is 4.80. The van der Waals surface area contributed by atoms with Crippen LogP contribution < -0.4 is 10.2 Å². The first kappa shape index (κ1) is 24.6. The highest BCUT2D eigenvalue weighted by Gasteiger charge is 2.37. The van der Waals surface area contributed by atoms with E-state index in [4.69, 9.17) is 50.3 Å². The van der Waals surface area contributed by atoms with Crippen molar-refractivity contribution in [1.82, 2.24) is 10.2 Å². The van der Waals surface area contributed by atoms with E-state index in [9.17, 15) is 0 Å². The normalized spacial score (nSPS) is 35.8. The highest BCUT2D eigenvalue weighted by Crippen LogP contribution is 2.80. The van der Waals surface area contributed by atoms with Gasteiger partial charge < -0.3 is 23.3 Å². The molecule has 2 bridgehead atoms. The molecule has 0 radical (unpaired) electrons. The minimum Gasteiger partial charge on any atom is -0.377 e. The van der Waals surface area contributed by atoms with Crippen LogP contribution in [0.3, 0.4) is 0 Å². The van der Waals surface area contributed by atoms with E-state index in [1.165, 1.54) is 0 Å². The van der Waals surface area contributed by atoms with Gasteiger partial charge in [0, 0.05) is 13.1 Å². The maximum atomic E-state index is 6.55. The zero-order valence-electron chi connectivity index (χ0n) is 16.4. The number of halogens is 2. The summed E-state index contributed by atoms with van der Waals surface area (Å²) in [7, 11) is -5.71. The van der Waals surface area contributed by atoms with Gasteiger partial charge in [0.05, 0.1) is 52.9 Å². The summed E-state index contributed by atoms with van der Waals surface area (Å²) >= 11 is 13.1. The first-order valence-corrected chi connectivity index (χ1v) is 16.6. The van der Waals surface area contributed by atoms with Crippen LogP contribution in [0.5, 0.6) is 0 Å². The fraction of sp³-hybridized carbons (Fsp3) is 1.00. The maximum Gasteiger partial charge on any atom is 0.280 e. The molecule has 0 aromatic rings. The minimum atomic E-state index is -3.02. The van der Waals surface area contributed by atoms with Crippen molar-refractivity contribution in [1.29, 1.82) is 0 Å². The fourth-order valence-electron chi connectivity index (χ4n) is 2.87. The van der Waals surface area contributed by atoms with Crippen LogP contribution >= 0.6 is 43.6 Å². The van der Waals surface area contributed by atoms with Crippen LogP contribution in [0.25, 0.3) is 0 Å². The lowest BCUT2D eigenvalue weighted by Gasteiger charge is -2.31. The van der Waals surface area contributed by atoms with Crippen LogP contribution in [-0.2, 0) is 23.3 Å². The fourth-order valence-corrected chi connectivity index (χ4v) is 14.8. The molecule has 0 aromatic heterocycles. The van der Waals surface area contributed by atoms with Gasteiger partial charge in [0.25, 0.3) is 21.1 Å². The number of hydrogen-bond donors (Lipinski definition) is 2. The summed E-state index contributed by atoms with van der Waals surface area (Å²) in [6, 6.07) is 0. The van der Waals surface area contributed by atoms with Crippen molar-refractivity contribution in [3.05, 3.63) is 0 Å². The van der Waals surface area contributed by atoms with Gasteiger partial charge in [0.15, 0.2) is 0 Å². The van der Waals surface area contributed by atoms with Crippen LogP contribution in [0, 0.1) is 0 Å². The molecule has 0 spiro atoms. The molecule has 3 heterocycles. The van der Waals surface area contributed by atoms with Gasteiger partial charge in [0.2, 0.25) is 0 Å². The van der Waals surface area contributed by atoms with E-state index in [0.29, 0.717) is 65.9 Å². The van der Waals surface area contributed by atoms with E-state index in [2.05, 4.69) is 19.2 Å². The number of rotatable bonds is 0. The molecule has 0 saturated carbocycles. The van der Waals surface area contributed by atoms with E-state index < -0.39 is 21.1 Å². The second-order valence-corrected chi connectivity index (χ2v) is 16.3. The molecule has 3 aliphatic rings. The van der Waals surface area contributed by atoms with Gasteiger partial charge in [-0.25, -0.2) is 10.2 Å². The van der Waals surface area contributed by atoms with Crippen LogP contribution in [0.2, 0.25) is 0 Å². The van der Waals surface area contributed by atoms with Crippen molar-refractivity contribution in [2.24, 2.45) is 13.5 Å². The van der Waals surface area contributed by atoms with Crippen molar-refractivity contribution in [3.8, 4) is 0 Å². The Morgan fingerprint density at radius 3 is 1.52 bits per heavy atom. The summed E-state index contributed by atoms with van der Waals surface area (Å²) in [5.74, 6) is -3.02. The lowest BCUT2D eigenvalue weighted by atomic mass is 10.2. The monoisotopic (exact) mass is 511 g/mol. The van der Waals surface area contributed by atoms with Crippen LogP contribution in [-0.4, -0.2) is 65.9 Å². The third-order valence-electron chi connectivity index (χ3n) is 4.18. The van der Waals surface area contributed by atoms with E-state index >= 15 is 0 Å². The molecule has 10 nitrogen and oxygen atoms in total. The predicted octanol–water partition coefficient (Wildman–Crippen LogP) is 5.17. The minimum absolute atomic E-state index is 0.310. The summed E-state index contributed by atoms with van der Waals surface area (Å²) in [4.78, 5) is 0. The summed E-state index contributed by atoms with van der Waals surface area (Å²) in [5, 5.41) is 6.79. The summed E-state index contributed by atoms with van der Waals surface area (Å²) in [5.41, 5.74) is 0. The van der Waals surface area contributed by atoms with E-state index in [1.54, 1.807) is 0 Å². The van der Waals surface area contributed by atoms with Crippen molar-refractivity contribution >= 4 is 43.6 Å². The third kappa shape index (κ3) is 8.45. The number of nitrogens with one attached hydrogen (secondary N) is 2. The quantitative estimate of drug-likeness (QED) is 0.432. The smallest absolute Gasteiger partial charge is 0.280 e. The largest absolute Gasteiger partial charge is 0.377 e. The van der Waals surface area contributed by atoms with Crippen LogP contribution in [0.4, 0.5) is 0 Å². The SMILES string of the molecule is ClP1(Cl)=NP23=NP(=N1)(NCCCCCCN2)OCCOCCOCCOCCO3. The molecule has 3 rings (SSSR count). The molecule has 2 unspecified atom stereocenters. The first-order valence-electron chi connectivity index (χ1n) is 9.87. The maximum absolute atomic E-state index is 6.55. The Labute approximate surface area is 182 Å². The van der Waals surface area contributed by atoms with Gasteiger partial charge >= 0.3 is 0 Å². The van der Waals surface area contributed by atoms with Gasteiger partial charge in [-0.3, -0.25) is 0 Å². The molecule has 0 saturated heterocycles. The van der Waals surface area contributed by atoms with Gasteiger partial charge in [-0.2, -0.15) is 13.5 Å². The zero-order valence-corrected chi connectivity index (χ0v) is 20.6. The van der Waals surface area contributed by atoms with E-state index in [1.807, 2.05) is 0 Å². The third-order valence-corrected chi connectivity index (χ3v) is 14.6. The van der Waals surface area contributed by atoms with Crippen molar-refractivity contribution in [2.75, 3.05) is 65.9 Å². The highest BCUT2D eigenvalue weighted by atomic mass is 35.9. The molecule has 0 amide bonds. The molecule has 2 N–H and O–H groups in total. The lowest BCUT2D eigenvalue weighted by Crippen LogP contribution is -2.20. The highest BCUT2D eigenvalue weighted by molar-refractivity contribution is 8.13. The van der Waals surface area contributed by atoms with Gasteiger partial charge in [0.1, 0.15) is 0 Å². The molecule has 0 aliphatic carbocycles. The Hall–Kier alpha value is 0.990. The average Bonchev–Trinajstić information content (AvgIpc) is 2.68. The van der Waals surface area contributed by atoms with Crippen LogP contribution in [0.15, 0.2) is 13.5 Å². The van der Waals surface area contributed by atoms with Crippen molar-refractivity contribution in [3.63, 3.8) is 0 Å². The van der Waals surface area contributed by atoms with E-state index in [0.717, 1.165) is 25.7 Å². The molecule has 170 valence electrons. The number of hydrogen-bond acceptors (Lipinski definition) is 10. The van der Waals surface area contributed by atoms with Gasteiger partial charge in [-0.1, -0.05) is 12.8 Å². The molecule has 0 aromatic carbocycles. The Kier molecular flexibility index (Phi) is 10.4. The first-order chi connectivity index (χ1) is 14.0. The van der Waals surface area contributed by atoms with Gasteiger partial charge in [-0.05, 0) is 35.3 Å². The molecular weight excluding hydrogens is 482 g/mol. The topological polar surface area (TPSA) is 107 Å². The zero-order chi connectivity index (χ0) is 20.5. The predicted molar refractivity (Wildman–Crippen MR) is 119 cm³/mol. The molecule has 2 atom stereocenters.